The van der Waals surface area contributed by atoms with Gasteiger partial charge in [-0.2, -0.15) is 0 Å². The van der Waals surface area contributed by atoms with Crippen molar-refractivity contribution in [2.24, 2.45) is 5.92 Å². The first-order valence-electron chi connectivity index (χ1n) is 9.41. The Bertz CT molecular complexity index is 868. The van der Waals surface area contributed by atoms with Crippen LogP contribution >= 0.6 is 0 Å². The monoisotopic (exact) mass is 375 g/mol. The summed E-state index contributed by atoms with van der Waals surface area (Å²) in [7, 11) is 0. The zero-order valence-electron chi connectivity index (χ0n) is 16.0. The van der Waals surface area contributed by atoms with Gasteiger partial charge < -0.3 is 15.1 Å². The van der Waals surface area contributed by atoms with Crippen molar-refractivity contribution >= 4 is 11.7 Å². The van der Waals surface area contributed by atoms with Crippen LogP contribution < -0.4 is 4.90 Å². The molecule has 3 rings (SSSR count). The lowest BCUT2D eigenvalue weighted by Crippen LogP contribution is -2.24. The number of carboxylic acids is 1. The molecule has 3 aromatic carbocycles. The summed E-state index contributed by atoms with van der Waals surface area (Å²) in [5.74, 6) is -1.20. The second kappa shape index (κ2) is 9.09. The maximum absolute atomic E-state index is 11.4. The molecule has 144 valence electrons. The summed E-state index contributed by atoms with van der Waals surface area (Å²) >= 11 is 0. The predicted molar refractivity (Wildman–Crippen MR) is 111 cm³/mol. The largest absolute Gasteiger partial charge is 0.506 e. The lowest BCUT2D eigenvalue weighted by Gasteiger charge is -2.29. The number of hydrogen-bond acceptors (Lipinski definition) is 3. The van der Waals surface area contributed by atoms with E-state index >= 15 is 0 Å². The van der Waals surface area contributed by atoms with Crippen LogP contribution in [0.2, 0.25) is 0 Å². The zero-order valence-corrected chi connectivity index (χ0v) is 16.0. The van der Waals surface area contributed by atoms with Crippen LogP contribution in [0.1, 0.15) is 23.6 Å². The van der Waals surface area contributed by atoms with Gasteiger partial charge in [0.15, 0.2) is 0 Å². The van der Waals surface area contributed by atoms with E-state index in [1.54, 1.807) is 19.1 Å². The van der Waals surface area contributed by atoms with E-state index < -0.39 is 11.9 Å². The summed E-state index contributed by atoms with van der Waals surface area (Å²) in [5.41, 5.74) is 3.78. The maximum atomic E-state index is 11.4. The lowest BCUT2D eigenvalue weighted by molar-refractivity contribution is -0.141. The van der Waals surface area contributed by atoms with Crippen LogP contribution in [-0.4, -0.2) is 16.2 Å². The van der Waals surface area contributed by atoms with Crippen LogP contribution in [0.25, 0.3) is 0 Å². The highest BCUT2D eigenvalue weighted by molar-refractivity contribution is 5.71. The van der Waals surface area contributed by atoms with Crippen molar-refractivity contribution in [3.05, 3.63) is 95.6 Å². The number of carbonyl (C=O) groups is 1. The molecule has 0 amide bonds. The molecule has 28 heavy (non-hydrogen) atoms. The maximum Gasteiger partial charge on any atom is 0.306 e. The summed E-state index contributed by atoms with van der Waals surface area (Å²) in [4.78, 5) is 13.5. The van der Waals surface area contributed by atoms with Gasteiger partial charge in [0.25, 0.3) is 0 Å². The van der Waals surface area contributed by atoms with Crippen molar-refractivity contribution in [3.8, 4) is 5.75 Å². The molecular formula is C24H25NO3. The number of anilines is 1. The second-order valence-corrected chi connectivity index (χ2v) is 7.06. The van der Waals surface area contributed by atoms with Gasteiger partial charge in [-0.25, -0.2) is 0 Å². The molecule has 4 nitrogen and oxygen atoms in total. The van der Waals surface area contributed by atoms with Crippen LogP contribution in [0.15, 0.2) is 78.9 Å². The van der Waals surface area contributed by atoms with E-state index in [0.717, 1.165) is 16.7 Å². The van der Waals surface area contributed by atoms with Crippen molar-refractivity contribution in [3.63, 3.8) is 0 Å². The summed E-state index contributed by atoms with van der Waals surface area (Å²) in [6.07, 6.45) is 0.360. The number of phenols is 1. The summed E-state index contributed by atoms with van der Waals surface area (Å²) < 4.78 is 0. The average Bonchev–Trinajstić information content (AvgIpc) is 2.69. The Morgan fingerprint density at radius 3 is 1.89 bits per heavy atom. The molecular weight excluding hydrogens is 350 g/mol. The molecule has 0 fully saturated rings. The van der Waals surface area contributed by atoms with Gasteiger partial charge in [0, 0.05) is 13.1 Å². The minimum Gasteiger partial charge on any atom is -0.506 e. The molecule has 4 heteroatoms. The SMILES string of the molecule is CC(Cc1cccc(O)c1N(Cc1ccccc1)Cc1ccccc1)C(=O)O. The third-order valence-corrected chi connectivity index (χ3v) is 4.79. The van der Waals surface area contributed by atoms with Crippen LogP contribution in [0.3, 0.4) is 0 Å². The number of carboxylic acid groups (broad SMARTS) is 1. The minimum atomic E-state index is -0.841. The Kier molecular flexibility index (Phi) is 6.33. The molecule has 1 unspecified atom stereocenters. The average molecular weight is 375 g/mol. The number of para-hydroxylation sites is 1. The lowest BCUT2D eigenvalue weighted by atomic mass is 9.98. The third kappa shape index (κ3) is 4.92. The first-order chi connectivity index (χ1) is 13.5. The van der Waals surface area contributed by atoms with E-state index in [9.17, 15) is 15.0 Å². The van der Waals surface area contributed by atoms with E-state index in [2.05, 4.69) is 29.2 Å². The molecule has 1 atom stereocenters. The first-order valence-corrected chi connectivity index (χ1v) is 9.41. The standard InChI is InChI=1S/C24H25NO3/c1-18(24(27)28)15-21-13-8-14-22(26)23(21)25(16-19-9-4-2-5-10-19)17-20-11-6-3-7-12-20/h2-14,18,26H,15-17H2,1H3,(H,27,28). The minimum absolute atomic E-state index is 0.168. The fourth-order valence-electron chi connectivity index (χ4n) is 3.35. The van der Waals surface area contributed by atoms with Crippen LogP contribution in [0.5, 0.6) is 5.75 Å². The molecule has 0 aliphatic carbocycles. The third-order valence-electron chi connectivity index (χ3n) is 4.79. The first kappa shape index (κ1) is 19.5. The van der Waals surface area contributed by atoms with E-state index in [1.807, 2.05) is 42.5 Å². The molecule has 0 spiro atoms. The number of hydrogen-bond donors (Lipinski definition) is 2. The number of nitrogens with zero attached hydrogens (tertiary/aromatic N) is 1. The summed E-state index contributed by atoms with van der Waals surface area (Å²) in [6.45, 7) is 2.92. The van der Waals surface area contributed by atoms with Crippen molar-refractivity contribution in [2.45, 2.75) is 26.4 Å². The number of benzene rings is 3. The molecule has 2 N–H and O–H groups in total. The number of rotatable bonds is 8. The molecule has 0 aromatic heterocycles. The molecule has 0 saturated heterocycles. The summed E-state index contributed by atoms with van der Waals surface area (Å²) in [6, 6.07) is 25.5. The highest BCUT2D eigenvalue weighted by atomic mass is 16.4. The van der Waals surface area contributed by atoms with Crippen molar-refractivity contribution in [1.29, 1.82) is 0 Å². The van der Waals surface area contributed by atoms with E-state index in [4.69, 9.17) is 0 Å². The van der Waals surface area contributed by atoms with E-state index in [0.29, 0.717) is 25.2 Å². The van der Waals surface area contributed by atoms with Gasteiger partial charge in [-0.1, -0.05) is 79.7 Å². The van der Waals surface area contributed by atoms with Crippen molar-refractivity contribution in [1.82, 2.24) is 0 Å². The molecule has 0 aliphatic rings. The molecule has 0 radical (unpaired) electrons. The highest BCUT2D eigenvalue weighted by Crippen LogP contribution is 2.35. The molecule has 0 saturated carbocycles. The number of aliphatic carboxylic acids is 1. The molecule has 0 heterocycles. The van der Waals surface area contributed by atoms with Gasteiger partial charge in [-0.3, -0.25) is 4.79 Å². The van der Waals surface area contributed by atoms with Gasteiger partial charge in [0.1, 0.15) is 5.75 Å². The molecule has 0 aliphatic heterocycles. The Morgan fingerprint density at radius 1 is 0.857 bits per heavy atom. The number of aromatic hydroxyl groups is 1. The fraction of sp³-hybridized carbons (Fsp3) is 0.208. The Hall–Kier alpha value is -3.27. The predicted octanol–water partition coefficient (Wildman–Crippen LogP) is 4.86. The van der Waals surface area contributed by atoms with E-state index in [1.165, 1.54) is 0 Å². The van der Waals surface area contributed by atoms with Gasteiger partial charge in [0.2, 0.25) is 0 Å². The van der Waals surface area contributed by atoms with Crippen molar-refractivity contribution < 1.29 is 15.0 Å². The fourth-order valence-corrected chi connectivity index (χ4v) is 3.35. The van der Waals surface area contributed by atoms with Crippen LogP contribution in [0.4, 0.5) is 5.69 Å². The quantitative estimate of drug-likeness (QED) is 0.590. The second-order valence-electron chi connectivity index (χ2n) is 7.06. The van der Waals surface area contributed by atoms with Gasteiger partial charge in [-0.05, 0) is 29.2 Å². The Morgan fingerprint density at radius 2 is 1.39 bits per heavy atom. The van der Waals surface area contributed by atoms with Gasteiger partial charge in [-0.15, -0.1) is 0 Å². The van der Waals surface area contributed by atoms with Gasteiger partial charge in [0.05, 0.1) is 11.6 Å². The zero-order chi connectivity index (χ0) is 19.9. The van der Waals surface area contributed by atoms with Crippen molar-refractivity contribution in [2.75, 3.05) is 4.90 Å². The summed E-state index contributed by atoms with van der Waals surface area (Å²) in [5, 5.41) is 20.0. The Labute approximate surface area is 165 Å². The Balaban J connectivity index is 2.00. The number of phenolic OH excluding ortho intramolecular Hbond substituents is 1. The van der Waals surface area contributed by atoms with Gasteiger partial charge >= 0.3 is 5.97 Å². The topological polar surface area (TPSA) is 60.8 Å². The molecule has 3 aromatic rings. The van der Waals surface area contributed by atoms with Crippen LogP contribution in [-0.2, 0) is 24.3 Å². The van der Waals surface area contributed by atoms with Crippen LogP contribution in [0, 0.1) is 5.92 Å². The normalized spacial score (nSPS) is 11.8. The smallest absolute Gasteiger partial charge is 0.306 e. The van der Waals surface area contributed by atoms with E-state index in [-0.39, 0.29) is 5.75 Å². The highest BCUT2D eigenvalue weighted by Gasteiger charge is 2.20. The molecule has 0 bridgehead atoms.